The maximum atomic E-state index is 14.0. The summed E-state index contributed by atoms with van der Waals surface area (Å²) in [5.74, 6) is -2.69. The minimum atomic E-state index is -2.39. The third kappa shape index (κ3) is 5.01. The van der Waals surface area contributed by atoms with Gasteiger partial charge in [-0.2, -0.15) is 0 Å². The molecule has 0 radical (unpaired) electrons. The summed E-state index contributed by atoms with van der Waals surface area (Å²) in [7, 11) is 0. The highest BCUT2D eigenvalue weighted by Gasteiger charge is 2.58. The molecule has 0 saturated heterocycles. The topological polar surface area (TPSA) is 89.9 Å². The van der Waals surface area contributed by atoms with Crippen molar-refractivity contribution in [2.24, 2.45) is 0 Å². The molecule has 0 bridgehead atoms. The highest BCUT2D eigenvalue weighted by molar-refractivity contribution is 6.30. The number of carbonyl (C=O) groups excluding carboxylic acids is 3. The van der Waals surface area contributed by atoms with E-state index < -0.39 is 34.0 Å². The van der Waals surface area contributed by atoms with E-state index in [1.165, 1.54) is 0 Å². The van der Waals surface area contributed by atoms with Crippen molar-refractivity contribution in [3.63, 3.8) is 0 Å². The lowest BCUT2D eigenvalue weighted by atomic mass is 9.69. The molecule has 1 N–H and O–H groups in total. The predicted octanol–water partition coefficient (Wildman–Crippen LogP) is 5.23. The van der Waals surface area contributed by atoms with Crippen LogP contribution in [0.15, 0.2) is 42.5 Å². The first kappa shape index (κ1) is 27.1. The van der Waals surface area contributed by atoms with Crippen LogP contribution in [0.25, 0.3) is 0 Å². The molecule has 0 fully saturated rings. The molecule has 0 saturated carbocycles. The molecule has 0 aromatic heterocycles. The summed E-state index contributed by atoms with van der Waals surface area (Å²) in [6, 6.07) is 11.3. The van der Waals surface area contributed by atoms with E-state index in [1.807, 2.05) is 41.5 Å². The maximum Gasteiger partial charge on any atom is 0.336 e. The van der Waals surface area contributed by atoms with Crippen LogP contribution in [0.5, 0.6) is 5.75 Å². The standard InChI is InChI=1S/C28H36O6/c1-9-33-24(31)28(25(32)34-10-2,23(30)18-14-12-11-13-15-18)19-16-20(26(3,4)5)22(29)21(17-19)27(6,7)8/h11-17,29H,9-10H2,1-8H3. The molecule has 184 valence electrons. The van der Waals surface area contributed by atoms with Gasteiger partial charge in [0.2, 0.25) is 0 Å². The lowest BCUT2D eigenvalue weighted by molar-refractivity contribution is -0.161. The van der Waals surface area contributed by atoms with Gasteiger partial charge in [0.25, 0.3) is 5.41 Å². The third-order valence-corrected chi connectivity index (χ3v) is 5.70. The Labute approximate surface area is 202 Å². The first-order valence-electron chi connectivity index (χ1n) is 11.6. The number of Topliss-reactive ketones (excluding diaryl/α,β-unsaturated/α-hetero) is 1. The van der Waals surface area contributed by atoms with Crippen molar-refractivity contribution in [3.8, 4) is 5.75 Å². The van der Waals surface area contributed by atoms with Crippen molar-refractivity contribution < 1.29 is 29.0 Å². The zero-order valence-electron chi connectivity index (χ0n) is 21.4. The summed E-state index contributed by atoms with van der Waals surface area (Å²) in [5, 5.41) is 11.2. The summed E-state index contributed by atoms with van der Waals surface area (Å²) >= 11 is 0. The van der Waals surface area contributed by atoms with E-state index in [4.69, 9.17) is 9.47 Å². The molecular formula is C28H36O6. The van der Waals surface area contributed by atoms with Crippen molar-refractivity contribution in [1.29, 1.82) is 0 Å². The monoisotopic (exact) mass is 468 g/mol. The van der Waals surface area contributed by atoms with E-state index in [-0.39, 0.29) is 30.1 Å². The minimum absolute atomic E-state index is 0.0294. The van der Waals surface area contributed by atoms with Gasteiger partial charge in [0.1, 0.15) is 5.75 Å². The molecule has 0 amide bonds. The molecule has 2 aromatic rings. The number of hydrogen-bond donors (Lipinski definition) is 1. The quantitative estimate of drug-likeness (QED) is 0.340. The van der Waals surface area contributed by atoms with Crippen LogP contribution in [0.2, 0.25) is 0 Å². The molecule has 2 rings (SSSR count). The molecule has 0 aliphatic heterocycles. The van der Waals surface area contributed by atoms with Crippen LogP contribution < -0.4 is 0 Å². The Bertz CT molecular complexity index is 1000. The Balaban J connectivity index is 3.09. The zero-order chi connectivity index (χ0) is 25.9. The Kier molecular flexibility index (Phi) is 7.97. The van der Waals surface area contributed by atoms with Crippen molar-refractivity contribution in [3.05, 3.63) is 64.7 Å². The van der Waals surface area contributed by atoms with E-state index >= 15 is 0 Å². The van der Waals surface area contributed by atoms with Crippen molar-refractivity contribution in [1.82, 2.24) is 0 Å². The molecule has 0 aliphatic rings. The molecule has 34 heavy (non-hydrogen) atoms. The van der Waals surface area contributed by atoms with Crippen molar-refractivity contribution in [2.45, 2.75) is 71.6 Å². The van der Waals surface area contributed by atoms with E-state index in [9.17, 15) is 19.5 Å². The first-order valence-corrected chi connectivity index (χ1v) is 11.6. The summed E-state index contributed by atoms with van der Waals surface area (Å²) in [6.45, 7) is 14.6. The van der Waals surface area contributed by atoms with Crippen molar-refractivity contribution in [2.75, 3.05) is 13.2 Å². The second-order valence-corrected chi connectivity index (χ2v) is 10.3. The average molecular weight is 469 g/mol. The number of hydrogen-bond acceptors (Lipinski definition) is 6. The van der Waals surface area contributed by atoms with Crippen LogP contribution in [0.4, 0.5) is 0 Å². The summed E-state index contributed by atoms with van der Waals surface area (Å²) < 4.78 is 10.7. The van der Waals surface area contributed by atoms with Gasteiger partial charge in [-0.1, -0.05) is 71.9 Å². The van der Waals surface area contributed by atoms with E-state index in [0.717, 1.165) is 0 Å². The molecule has 0 atom stereocenters. The second-order valence-electron chi connectivity index (χ2n) is 10.3. The first-order chi connectivity index (χ1) is 15.7. The fourth-order valence-electron chi connectivity index (χ4n) is 3.91. The summed E-state index contributed by atoms with van der Waals surface area (Å²) in [5.41, 5.74) is -2.18. The van der Waals surface area contributed by atoms with Crippen molar-refractivity contribution >= 4 is 17.7 Å². The third-order valence-electron chi connectivity index (χ3n) is 5.70. The summed E-state index contributed by atoms with van der Waals surface area (Å²) in [6.07, 6.45) is 0. The van der Waals surface area contributed by atoms with Gasteiger partial charge in [0.15, 0.2) is 5.78 Å². The lowest BCUT2D eigenvalue weighted by Crippen LogP contribution is -2.53. The van der Waals surface area contributed by atoms with Gasteiger partial charge in [-0.3, -0.25) is 4.79 Å². The van der Waals surface area contributed by atoms with Gasteiger partial charge in [-0.15, -0.1) is 0 Å². The highest BCUT2D eigenvalue weighted by atomic mass is 16.6. The Morgan fingerprint density at radius 2 is 1.18 bits per heavy atom. The SMILES string of the molecule is CCOC(=O)C(C(=O)OCC)(C(=O)c1ccccc1)c1cc(C(C)(C)C)c(O)c(C(C)(C)C)c1. The molecular weight excluding hydrogens is 432 g/mol. The number of ether oxygens (including phenoxy) is 2. The Morgan fingerprint density at radius 3 is 1.53 bits per heavy atom. The lowest BCUT2D eigenvalue weighted by Gasteiger charge is -2.33. The second kappa shape index (κ2) is 10.00. The van der Waals surface area contributed by atoms with Gasteiger partial charge >= 0.3 is 11.9 Å². The molecule has 2 aromatic carbocycles. The van der Waals surface area contributed by atoms with Gasteiger partial charge in [0.05, 0.1) is 13.2 Å². The van der Waals surface area contributed by atoms with E-state index in [1.54, 1.807) is 56.3 Å². The van der Waals surface area contributed by atoms with Crippen LogP contribution in [-0.2, 0) is 35.3 Å². The Hall–Kier alpha value is -3.15. The number of phenolic OH excluding ortho intramolecular Hbond substituents is 1. The number of rotatable bonds is 7. The summed E-state index contributed by atoms with van der Waals surface area (Å²) in [4.78, 5) is 41.2. The maximum absolute atomic E-state index is 14.0. The number of phenols is 1. The number of carbonyl (C=O) groups is 3. The van der Waals surface area contributed by atoms with Gasteiger partial charge in [-0.05, 0) is 53.5 Å². The molecule has 6 heteroatoms. The normalized spacial score (nSPS) is 12.2. The molecule has 6 nitrogen and oxygen atoms in total. The molecule has 0 aliphatic carbocycles. The number of esters is 2. The average Bonchev–Trinajstić information content (AvgIpc) is 2.74. The van der Waals surface area contributed by atoms with E-state index in [2.05, 4.69) is 0 Å². The fourth-order valence-corrected chi connectivity index (χ4v) is 3.91. The predicted molar refractivity (Wildman–Crippen MR) is 131 cm³/mol. The van der Waals surface area contributed by atoms with Crippen LogP contribution in [0.3, 0.4) is 0 Å². The van der Waals surface area contributed by atoms with Crippen LogP contribution >= 0.6 is 0 Å². The smallest absolute Gasteiger partial charge is 0.336 e. The number of ketones is 1. The zero-order valence-corrected chi connectivity index (χ0v) is 21.4. The minimum Gasteiger partial charge on any atom is -0.507 e. The van der Waals surface area contributed by atoms with Crippen LogP contribution in [0, 0.1) is 0 Å². The fraction of sp³-hybridized carbons (Fsp3) is 0.464. The van der Waals surface area contributed by atoms with E-state index in [0.29, 0.717) is 11.1 Å². The number of aromatic hydroxyl groups is 1. The van der Waals surface area contributed by atoms with Gasteiger partial charge in [-0.25, -0.2) is 9.59 Å². The molecule has 0 spiro atoms. The molecule has 0 unspecified atom stereocenters. The van der Waals surface area contributed by atoms with Gasteiger partial charge in [0, 0.05) is 5.56 Å². The highest BCUT2D eigenvalue weighted by Crippen LogP contribution is 2.44. The van der Waals surface area contributed by atoms with Crippen LogP contribution in [-0.4, -0.2) is 36.0 Å². The largest absolute Gasteiger partial charge is 0.507 e. The molecule has 0 heterocycles. The van der Waals surface area contributed by atoms with Crippen LogP contribution in [0.1, 0.15) is 82.4 Å². The Morgan fingerprint density at radius 1 is 0.765 bits per heavy atom. The van der Waals surface area contributed by atoms with Gasteiger partial charge < -0.3 is 14.6 Å². The number of benzene rings is 2.